The summed E-state index contributed by atoms with van der Waals surface area (Å²) in [6.07, 6.45) is 4.43. The summed E-state index contributed by atoms with van der Waals surface area (Å²) in [6, 6.07) is 4.94. The molecule has 1 saturated carbocycles. The van der Waals surface area contributed by atoms with E-state index in [0.717, 1.165) is 12.8 Å². The number of aromatic carboxylic acids is 1. The number of carboxylic acid groups (broad SMARTS) is 1. The molecular weight excluding hydrogens is 232 g/mol. The van der Waals surface area contributed by atoms with Crippen LogP contribution in [0.2, 0.25) is 0 Å². The zero-order valence-corrected chi connectivity index (χ0v) is 10.5. The maximum Gasteiger partial charge on any atom is 0.354 e. The largest absolute Gasteiger partial charge is 0.477 e. The van der Waals surface area contributed by atoms with E-state index < -0.39 is 5.97 Å². The summed E-state index contributed by atoms with van der Waals surface area (Å²) in [5.74, 6) is -0.431. The Labute approximate surface area is 106 Å². The fourth-order valence-corrected chi connectivity index (χ4v) is 2.38. The Bertz CT molecular complexity index is 428. The van der Waals surface area contributed by atoms with E-state index in [-0.39, 0.29) is 11.3 Å². The molecule has 1 aromatic heterocycles. The molecule has 1 aromatic rings. The van der Waals surface area contributed by atoms with Crippen LogP contribution >= 0.6 is 0 Å². The summed E-state index contributed by atoms with van der Waals surface area (Å²) in [5, 5.41) is 12.0. The molecule has 1 aliphatic carbocycles. The molecule has 2 N–H and O–H groups in total. The molecule has 2 rings (SSSR count). The topological polar surface area (TPSA) is 71.5 Å². The molecule has 1 aliphatic rings. The second-order valence-electron chi connectivity index (χ2n) is 4.66. The lowest BCUT2D eigenvalue weighted by Gasteiger charge is -2.27. The van der Waals surface area contributed by atoms with Crippen LogP contribution in [0.5, 0.6) is 0 Å². The third kappa shape index (κ3) is 2.79. The van der Waals surface area contributed by atoms with Crippen molar-refractivity contribution in [2.45, 2.75) is 31.3 Å². The molecule has 0 saturated heterocycles. The molecule has 0 amide bonds. The van der Waals surface area contributed by atoms with Crippen LogP contribution in [-0.4, -0.2) is 35.3 Å². The van der Waals surface area contributed by atoms with Crippen LogP contribution in [0.4, 0.5) is 5.82 Å². The standard InChI is InChI=1S/C13H18N2O3/c1-18-13(7-2-3-8-13)9-14-11-6-4-5-10(15-11)12(16)17/h4-6H,2-3,7-9H2,1H3,(H,14,15)(H,16,17). The highest BCUT2D eigenvalue weighted by Gasteiger charge is 2.33. The van der Waals surface area contributed by atoms with Crippen molar-refractivity contribution in [2.24, 2.45) is 0 Å². The number of carbonyl (C=O) groups is 1. The molecule has 1 fully saturated rings. The highest BCUT2D eigenvalue weighted by atomic mass is 16.5. The number of nitrogens with zero attached hydrogens (tertiary/aromatic N) is 1. The van der Waals surface area contributed by atoms with Crippen LogP contribution in [-0.2, 0) is 4.74 Å². The van der Waals surface area contributed by atoms with E-state index >= 15 is 0 Å². The summed E-state index contributed by atoms with van der Waals surface area (Å²) < 4.78 is 5.59. The Balaban J connectivity index is 2.01. The van der Waals surface area contributed by atoms with Gasteiger partial charge in [0, 0.05) is 13.7 Å². The van der Waals surface area contributed by atoms with Gasteiger partial charge in [0.1, 0.15) is 5.82 Å². The number of carboxylic acids is 1. The molecule has 0 aromatic carbocycles. The lowest BCUT2D eigenvalue weighted by Crippen LogP contribution is -2.36. The maximum absolute atomic E-state index is 10.8. The first-order valence-electron chi connectivity index (χ1n) is 6.15. The second-order valence-corrected chi connectivity index (χ2v) is 4.66. The first kappa shape index (κ1) is 12.8. The van der Waals surface area contributed by atoms with E-state index in [1.807, 2.05) is 0 Å². The molecule has 1 heterocycles. The van der Waals surface area contributed by atoms with Gasteiger partial charge in [-0.1, -0.05) is 18.9 Å². The zero-order chi connectivity index (χ0) is 13.0. The van der Waals surface area contributed by atoms with Gasteiger partial charge < -0.3 is 15.2 Å². The minimum absolute atomic E-state index is 0.0536. The smallest absolute Gasteiger partial charge is 0.354 e. The van der Waals surface area contributed by atoms with Crippen molar-refractivity contribution in [3.05, 3.63) is 23.9 Å². The van der Waals surface area contributed by atoms with Crippen LogP contribution in [0.1, 0.15) is 36.2 Å². The Kier molecular flexibility index (Phi) is 3.81. The predicted octanol–water partition coefficient (Wildman–Crippen LogP) is 2.15. The number of ether oxygens (including phenoxy) is 1. The second kappa shape index (κ2) is 5.35. The Morgan fingerprint density at radius 3 is 2.83 bits per heavy atom. The van der Waals surface area contributed by atoms with E-state index in [1.54, 1.807) is 19.2 Å². The fourth-order valence-electron chi connectivity index (χ4n) is 2.38. The van der Waals surface area contributed by atoms with Gasteiger partial charge in [0.25, 0.3) is 0 Å². The Morgan fingerprint density at radius 2 is 2.22 bits per heavy atom. The normalized spacial score (nSPS) is 17.6. The van der Waals surface area contributed by atoms with Gasteiger partial charge in [-0.2, -0.15) is 0 Å². The van der Waals surface area contributed by atoms with Gasteiger partial charge in [0.05, 0.1) is 5.60 Å². The minimum Gasteiger partial charge on any atom is -0.477 e. The highest BCUT2D eigenvalue weighted by Crippen LogP contribution is 2.32. The number of rotatable bonds is 5. The van der Waals surface area contributed by atoms with Gasteiger partial charge in [-0.3, -0.25) is 0 Å². The molecule has 98 valence electrons. The zero-order valence-electron chi connectivity index (χ0n) is 10.5. The number of aromatic nitrogens is 1. The Morgan fingerprint density at radius 1 is 1.50 bits per heavy atom. The molecular formula is C13H18N2O3. The molecule has 0 bridgehead atoms. The van der Waals surface area contributed by atoms with Crippen LogP contribution < -0.4 is 5.32 Å². The number of hydrogen-bond donors (Lipinski definition) is 2. The number of nitrogens with one attached hydrogen (secondary N) is 1. The van der Waals surface area contributed by atoms with Crippen molar-refractivity contribution in [1.82, 2.24) is 4.98 Å². The summed E-state index contributed by atoms with van der Waals surface area (Å²) in [7, 11) is 1.73. The van der Waals surface area contributed by atoms with Crippen molar-refractivity contribution in [3.8, 4) is 0 Å². The molecule has 0 aliphatic heterocycles. The maximum atomic E-state index is 10.8. The lowest BCUT2D eigenvalue weighted by atomic mass is 10.0. The summed E-state index contributed by atoms with van der Waals surface area (Å²) >= 11 is 0. The molecule has 5 heteroatoms. The van der Waals surface area contributed by atoms with E-state index in [4.69, 9.17) is 9.84 Å². The number of pyridine rings is 1. The summed E-state index contributed by atoms with van der Waals surface area (Å²) in [5.41, 5.74) is -0.0705. The molecule has 18 heavy (non-hydrogen) atoms. The van der Waals surface area contributed by atoms with Crippen LogP contribution in [0.15, 0.2) is 18.2 Å². The van der Waals surface area contributed by atoms with Crippen LogP contribution in [0.25, 0.3) is 0 Å². The molecule has 0 radical (unpaired) electrons. The van der Waals surface area contributed by atoms with Gasteiger partial charge in [0.15, 0.2) is 5.69 Å². The average Bonchev–Trinajstić information content (AvgIpc) is 2.86. The van der Waals surface area contributed by atoms with Crippen molar-refractivity contribution in [2.75, 3.05) is 19.0 Å². The van der Waals surface area contributed by atoms with Crippen molar-refractivity contribution >= 4 is 11.8 Å². The van der Waals surface area contributed by atoms with Gasteiger partial charge in [-0.15, -0.1) is 0 Å². The fraction of sp³-hybridized carbons (Fsp3) is 0.538. The van der Waals surface area contributed by atoms with Crippen molar-refractivity contribution < 1.29 is 14.6 Å². The minimum atomic E-state index is -1.01. The van der Waals surface area contributed by atoms with E-state index in [1.165, 1.54) is 18.9 Å². The van der Waals surface area contributed by atoms with E-state index in [0.29, 0.717) is 12.4 Å². The lowest BCUT2D eigenvalue weighted by molar-refractivity contribution is 0.00736. The van der Waals surface area contributed by atoms with Gasteiger partial charge in [-0.25, -0.2) is 9.78 Å². The van der Waals surface area contributed by atoms with Gasteiger partial charge in [0.2, 0.25) is 0 Å². The molecule has 0 spiro atoms. The SMILES string of the molecule is COC1(CNc2cccc(C(=O)O)n2)CCCC1. The summed E-state index contributed by atoms with van der Waals surface area (Å²) in [4.78, 5) is 14.9. The molecule has 0 atom stereocenters. The van der Waals surface area contributed by atoms with Crippen molar-refractivity contribution in [3.63, 3.8) is 0 Å². The number of methoxy groups -OCH3 is 1. The number of hydrogen-bond acceptors (Lipinski definition) is 4. The predicted molar refractivity (Wildman–Crippen MR) is 67.9 cm³/mol. The van der Waals surface area contributed by atoms with Gasteiger partial charge in [-0.05, 0) is 25.0 Å². The van der Waals surface area contributed by atoms with Gasteiger partial charge >= 0.3 is 5.97 Å². The van der Waals surface area contributed by atoms with E-state index in [9.17, 15) is 4.79 Å². The molecule has 0 unspecified atom stereocenters. The monoisotopic (exact) mass is 250 g/mol. The quantitative estimate of drug-likeness (QED) is 0.837. The van der Waals surface area contributed by atoms with Crippen LogP contribution in [0.3, 0.4) is 0 Å². The number of anilines is 1. The average molecular weight is 250 g/mol. The Hall–Kier alpha value is -1.62. The third-order valence-electron chi connectivity index (χ3n) is 3.51. The van der Waals surface area contributed by atoms with Crippen LogP contribution in [0, 0.1) is 0 Å². The third-order valence-corrected chi connectivity index (χ3v) is 3.51. The molecule has 5 nitrogen and oxygen atoms in total. The van der Waals surface area contributed by atoms with E-state index in [2.05, 4.69) is 10.3 Å². The first-order chi connectivity index (χ1) is 8.65. The first-order valence-corrected chi connectivity index (χ1v) is 6.15. The summed E-state index contributed by atoms with van der Waals surface area (Å²) in [6.45, 7) is 0.666. The van der Waals surface area contributed by atoms with Crippen molar-refractivity contribution in [1.29, 1.82) is 0 Å². The highest BCUT2D eigenvalue weighted by molar-refractivity contribution is 5.85.